The van der Waals surface area contributed by atoms with Crippen molar-refractivity contribution in [2.75, 3.05) is 11.9 Å². The molecule has 0 spiro atoms. The molecule has 0 saturated heterocycles. The molecule has 0 radical (unpaired) electrons. The van der Waals surface area contributed by atoms with Crippen molar-refractivity contribution >= 4 is 34.9 Å². The number of ether oxygens (including phenoxy) is 1. The smallest absolute Gasteiger partial charge is 0.341 e. The van der Waals surface area contributed by atoms with Crippen molar-refractivity contribution in [1.29, 1.82) is 0 Å². The largest absolute Gasteiger partial charge is 0.462 e. The van der Waals surface area contributed by atoms with E-state index in [2.05, 4.69) is 10.4 Å². The lowest BCUT2D eigenvalue weighted by molar-refractivity contribution is 0.0525. The number of hydrogen-bond acceptors (Lipinski definition) is 4. The Morgan fingerprint density at radius 1 is 1.43 bits per heavy atom. The summed E-state index contributed by atoms with van der Waals surface area (Å²) in [5, 5.41) is 8.37. The van der Waals surface area contributed by atoms with Crippen molar-refractivity contribution in [3.63, 3.8) is 0 Å². The van der Waals surface area contributed by atoms with Gasteiger partial charge in [0.2, 0.25) is 0 Å². The molecule has 21 heavy (non-hydrogen) atoms. The van der Waals surface area contributed by atoms with E-state index in [1.165, 1.54) is 6.20 Å². The molecule has 0 aliphatic carbocycles. The van der Waals surface area contributed by atoms with Crippen LogP contribution in [0.4, 0.5) is 5.69 Å². The molecule has 0 amide bonds. The molecule has 0 saturated carbocycles. The van der Waals surface area contributed by atoms with Crippen LogP contribution in [0.25, 0.3) is 0 Å². The second-order valence-corrected chi connectivity index (χ2v) is 5.17. The number of anilines is 1. The fraction of sp³-hybridized carbons (Fsp3) is 0.286. The van der Waals surface area contributed by atoms with Crippen molar-refractivity contribution in [2.45, 2.75) is 13.5 Å². The van der Waals surface area contributed by atoms with Crippen LogP contribution in [0.2, 0.25) is 10.0 Å². The Morgan fingerprint density at radius 3 is 2.90 bits per heavy atom. The molecule has 0 unspecified atom stereocenters. The third-order valence-corrected chi connectivity index (χ3v) is 3.50. The number of nitrogens with one attached hydrogen (secondary N) is 1. The third-order valence-electron chi connectivity index (χ3n) is 2.93. The lowest BCUT2D eigenvalue weighted by Gasteiger charge is -2.10. The van der Waals surface area contributed by atoms with Crippen LogP contribution in [-0.2, 0) is 18.3 Å². The van der Waals surface area contributed by atoms with E-state index in [1.54, 1.807) is 36.9 Å². The van der Waals surface area contributed by atoms with E-state index in [1.807, 2.05) is 0 Å². The van der Waals surface area contributed by atoms with Gasteiger partial charge in [-0.2, -0.15) is 5.10 Å². The normalized spacial score (nSPS) is 10.5. The molecule has 1 aromatic heterocycles. The highest BCUT2D eigenvalue weighted by Crippen LogP contribution is 2.26. The molecule has 1 aromatic carbocycles. The Kier molecular flexibility index (Phi) is 5.09. The summed E-state index contributed by atoms with van der Waals surface area (Å²) in [7, 11) is 1.76. The van der Waals surface area contributed by atoms with Crippen LogP contribution in [0.3, 0.4) is 0 Å². The third kappa shape index (κ3) is 3.68. The first-order valence-electron chi connectivity index (χ1n) is 6.39. The molecule has 1 N–H and O–H groups in total. The van der Waals surface area contributed by atoms with Gasteiger partial charge in [-0.3, -0.25) is 4.68 Å². The molecule has 7 heteroatoms. The summed E-state index contributed by atoms with van der Waals surface area (Å²) in [6.45, 7) is 2.46. The summed E-state index contributed by atoms with van der Waals surface area (Å²) in [4.78, 5) is 11.9. The Labute approximate surface area is 132 Å². The van der Waals surface area contributed by atoms with E-state index < -0.39 is 0 Å². The maximum Gasteiger partial charge on any atom is 0.341 e. The first kappa shape index (κ1) is 15.7. The van der Waals surface area contributed by atoms with Gasteiger partial charge in [0, 0.05) is 12.1 Å². The number of esters is 1. The minimum absolute atomic E-state index is 0.320. The summed E-state index contributed by atoms with van der Waals surface area (Å²) < 4.78 is 6.63. The number of nitrogens with zero attached hydrogens (tertiary/aromatic N) is 2. The Balaban J connectivity index is 2.18. The van der Waals surface area contributed by atoms with Gasteiger partial charge in [-0.25, -0.2) is 4.79 Å². The zero-order valence-corrected chi connectivity index (χ0v) is 13.2. The van der Waals surface area contributed by atoms with Crippen LogP contribution in [0, 0.1) is 0 Å². The van der Waals surface area contributed by atoms with Gasteiger partial charge in [-0.05, 0) is 25.1 Å². The standard InChI is InChI=1S/C14H15Cl2N3O2/c1-3-21-14(20)10-7-18-19(2)13(10)8-17-12-6-9(15)4-5-11(12)16/h4-7,17H,3,8H2,1-2H3. The van der Waals surface area contributed by atoms with Crippen LogP contribution in [0.1, 0.15) is 23.0 Å². The van der Waals surface area contributed by atoms with Gasteiger partial charge in [-0.15, -0.1) is 0 Å². The van der Waals surface area contributed by atoms with Gasteiger partial charge in [0.05, 0.1) is 35.8 Å². The van der Waals surface area contributed by atoms with Gasteiger partial charge >= 0.3 is 5.97 Å². The van der Waals surface area contributed by atoms with Crippen LogP contribution < -0.4 is 5.32 Å². The number of aryl methyl sites for hydroxylation is 1. The quantitative estimate of drug-likeness (QED) is 0.854. The number of carbonyl (C=O) groups is 1. The summed E-state index contributed by atoms with van der Waals surface area (Å²) in [5.41, 5.74) is 1.84. The molecule has 0 atom stereocenters. The average molecular weight is 328 g/mol. The van der Waals surface area contributed by atoms with Crippen LogP contribution in [-0.4, -0.2) is 22.4 Å². The summed E-state index contributed by atoms with van der Waals surface area (Å²) in [6.07, 6.45) is 1.49. The Morgan fingerprint density at radius 2 is 2.19 bits per heavy atom. The van der Waals surface area contributed by atoms with Crippen LogP contribution in [0.15, 0.2) is 24.4 Å². The molecular formula is C14H15Cl2N3O2. The lowest BCUT2D eigenvalue weighted by atomic mass is 10.2. The number of carbonyl (C=O) groups excluding carboxylic acids is 1. The minimum atomic E-state index is -0.389. The second kappa shape index (κ2) is 6.83. The molecule has 112 valence electrons. The van der Waals surface area contributed by atoms with E-state index in [0.29, 0.717) is 40.1 Å². The van der Waals surface area contributed by atoms with E-state index in [4.69, 9.17) is 27.9 Å². The SMILES string of the molecule is CCOC(=O)c1cnn(C)c1CNc1cc(Cl)ccc1Cl. The first-order chi connectivity index (χ1) is 10.0. The van der Waals surface area contributed by atoms with Crippen molar-refractivity contribution in [1.82, 2.24) is 9.78 Å². The zero-order valence-electron chi connectivity index (χ0n) is 11.7. The minimum Gasteiger partial charge on any atom is -0.462 e. The summed E-state index contributed by atoms with van der Waals surface area (Å²) in [6, 6.07) is 5.15. The lowest BCUT2D eigenvalue weighted by Crippen LogP contribution is -2.12. The van der Waals surface area contributed by atoms with E-state index in [-0.39, 0.29) is 5.97 Å². The first-order valence-corrected chi connectivity index (χ1v) is 7.15. The van der Waals surface area contributed by atoms with Crippen molar-refractivity contribution in [3.05, 3.63) is 45.7 Å². The van der Waals surface area contributed by atoms with E-state index in [0.717, 1.165) is 0 Å². The highest BCUT2D eigenvalue weighted by atomic mass is 35.5. The molecule has 2 rings (SSSR count). The van der Waals surface area contributed by atoms with Gasteiger partial charge in [0.1, 0.15) is 5.56 Å². The molecule has 2 aromatic rings. The topological polar surface area (TPSA) is 56.1 Å². The zero-order chi connectivity index (χ0) is 15.4. The van der Waals surface area contributed by atoms with Crippen molar-refractivity contribution < 1.29 is 9.53 Å². The second-order valence-electron chi connectivity index (χ2n) is 4.33. The van der Waals surface area contributed by atoms with Gasteiger partial charge in [0.25, 0.3) is 0 Å². The highest BCUT2D eigenvalue weighted by molar-refractivity contribution is 6.35. The maximum absolute atomic E-state index is 11.9. The molecule has 1 heterocycles. The number of benzene rings is 1. The molecule has 0 fully saturated rings. The number of aromatic nitrogens is 2. The van der Waals surface area contributed by atoms with E-state index in [9.17, 15) is 4.79 Å². The Hall–Kier alpha value is -1.72. The van der Waals surface area contributed by atoms with Gasteiger partial charge in [0.15, 0.2) is 0 Å². The fourth-order valence-corrected chi connectivity index (χ4v) is 2.22. The van der Waals surface area contributed by atoms with Gasteiger partial charge in [-0.1, -0.05) is 23.2 Å². The number of halogens is 2. The molecule has 0 aliphatic rings. The molecule has 5 nitrogen and oxygen atoms in total. The van der Waals surface area contributed by atoms with Crippen molar-refractivity contribution in [2.24, 2.45) is 7.05 Å². The Bertz CT molecular complexity index is 656. The average Bonchev–Trinajstić information content (AvgIpc) is 2.81. The number of rotatable bonds is 5. The predicted molar refractivity (Wildman–Crippen MR) is 83.0 cm³/mol. The summed E-state index contributed by atoms with van der Waals surface area (Å²) >= 11 is 12.0. The maximum atomic E-state index is 11.9. The predicted octanol–water partition coefficient (Wildman–Crippen LogP) is 3.52. The molecule has 0 bridgehead atoms. The fourth-order valence-electron chi connectivity index (χ4n) is 1.86. The van der Waals surface area contributed by atoms with Crippen molar-refractivity contribution in [3.8, 4) is 0 Å². The summed E-state index contributed by atoms with van der Waals surface area (Å²) in [5.74, 6) is -0.389. The molecular weight excluding hydrogens is 313 g/mol. The highest BCUT2D eigenvalue weighted by Gasteiger charge is 2.17. The monoisotopic (exact) mass is 327 g/mol. The van der Waals surface area contributed by atoms with E-state index >= 15 is 0 Å². The van der Waals surface area contributed by atoms with Gasteiger partial charge < -0.3 is 10.1 Å². The number of hydrogen-bond donors (Lipinski definition) is 1. The van der Waals surface area contributed by atoms with Crippen LogP contribution >= 0.6 is 23.2 Å². The van der Waals surface area contributed by atoms with Crippen LogP contribution in [0.5, 0.6) is 0 Å². The molecule has 0 aliphatic heterocycles.